The van der Waals surface area contributed by atoms with Gasteiger partial charge in [-0.3, -0.25) is 4.79 Å². The minimum Gasteiger partial charge on any atom is -0.355 e. The fourth-order valence-corrected chi connectivity index (χ4v) is 3.44. The fourth-order valence-electron chi connectivity index (χ4n) is 3.44. The van der Waals surface area contributed by atoms with Gasteiger partial charge in [-0.25, -0.2) is 0 Å². The topological polar surface area (TPSA) is 55.1 Å². The Morgan fingerprint density at radius 2 is 1.88 bits per heavy atom. The lowest BCUT2D eigenvalue weighted by molar-refractivity contribution is -0.138. The second kappa shape index (κ2) is 8.01. The van der Waals surface area contributed by atoms with Crippen molar-refractivity contribution in [1.29, 1.82) is 0 Å². The molecule has 1 aromatic rings. The number of carbonyl (C=O) groups excluding carboxylic acids is 1. The molecule has 0 heterocycles. The molecule has 1 aliphatic carbocycles. The van der Waals surface area contributed by atoms with Crippen LogP contribution in [-0.4, -0.2) is 19.0 Å². The summed E-state index contributed by atoms with van der Waals surface area (Å²) in [5.74, 6) is -0.154. The number of nitrogens with two attached hydrogens (primary N) is 1. The molecule has 0 bridgehead atoms. The zero-order valence-corrected chi connectivity index (χ0v) is 13.8. The molecule has 3 nitrogen and oxygen atoms in total. The molecule has 1 aromatic carbocycles. The molecule has 6 heteroatoms. The molecule has 0 saturated heterocycles. The van der Waals surface area contributed by atoms with Gasteiger partial charge in [0, 0.05) is 6.54 Å². The van der Waals surface area contributed by atoms with Gasteiger partial charge in [0.25, 0.3) is 0 Å². The molecular weight excluding hydrogens is 317 g/mol. The third-order valence-electron chi connectivity index (χ3n) is 4.80. The molecule has 0 aliphatic heterocycles. The van der Waals surface area contributed by atoms with E-state index in [0.717, 1.165) is 44.2 Å². The molecule has 0 spiro atoms. The Balaban J connectivity index is 2.26. The number of carbonyl (C=O) groups is 1. The van der Waals surface area contributed by atoms with Gasteiger partial charge in [0.2, 0.25) is 5.91 Å². The van der Waals surface area contributed by atoms with E-state index in [1.165, 1.54) is 6.07 Å². The molecular formula is C18H25F3N2O. The second-order valence-electron chi connectivity index (χ2n) is 6.47. The van der Waals surface area contributed by atoms with Crippen LogP contribution in [0.25, 0.3) is 0 Å². The van der Waals surface area contributed by atoms with Crippen LogP contribution in [0.1, 0.15) is 56.1 Å². The molecule has 1 saturated carbocycles. The minimum atomic E-state index is -4.40. The summed E-state index contributed by atoms with van der Waals surface area (Å²) in [6, 6.07) is 5.25. The van der Waals surface area contributed by atoms with Crippen LogP contribution < -0.4 is 11.1 Å². The van der Waals surface area contributed by atoms with Crippen LogP contribution in [0, 0.1) is 0 Å². The van der Waals surface area contributed by atoms with Crippen molar-refractivity contribution < 1.29 is 18.0 Å². The van der Waals surface area contributed by atoms with Gasteiger partial charge < -0.3 is 11.1 Å². The van der Waals surface area contributed by atoms with Crippen molar-refractivity contribution in [2.75, 3.05) is 13.1 Å². The van der Waals surface area contributed by atoms with E-state index in [1.807, 2.05) is 0 Å². The summed E-state index contributed by atoms with van der Waals surface area (Å²) in [6.45, 7) is 1.07. The highest BCUT2D eigenvalue weighted by Gasteiger charge is 2.42. The summed E-state index contributed by atoms with van der Waals surface area (Å²) in [4.78, 5) is 12.8. The van der Waals surface area contributed by atoms with Crippen molar-refractivity contribution in [3.8, 4) is 0 Å². The van der Waals surface area contributed by atoms with Crippen molar-refractivity contribution in [3.63, 3.8) is 0 Å². The monoisotopic (exact) mass is 342 g/mol. The minimum absolute atomic E-state index is 0.154. The van der Waals surface area contributed by atoms with Crippen molar-refractivity contribution in [3.05, 3.63) is 35.4 Å². The van der Waals surface area contributed by atoms with Gasteiger partial charge >= 0.3 is 6.18 Å². The Kier molecular flexibility index (Phi) is 6.27. The molecule has 0 radical (unpaired) electrons. The predicted molar refractivity (Wildman–Crippen MR) is 87.5 cm³/mol. The molecule has 0 atom stereocenters. The standard InChI is InChI=1S/C18H25F3N2O/c19-18(20,21)15-8-6-7-14(13-15)17(9-2-1-3-10-17)16(24)23-12-5-4-11-22/h6-8,13H,1-5,9-12,22H2,(H,23,24). The number of nitrogens with one attached hydrogen (secondary N) is 1. The largest absolute Gasteiger partial charge is 0.416 e. The zero-order valence-electron chi connectivity index (χ0n) is 13.8. The number of hydrogen-bond acceptors (Lipinski definition) is 2. The average molecular weight is 342 g/mol. The molecule has 134 valence electrons. The Labute approximate surface area is 140 Å². The third-order valence-corrected chi connectivity index (χ3v) is 4.80. The predicted octanol–water partition coefficient (Wildman–Crippen LogP) is 3.76. The van der Waals surface area contributed by atoms with E-state index in [9.17, 15) is 18.0 Å². The Morgan fingerprint density at radius 3 is 2.50 bits per heavy atom. The van der Waals surface area contributed by atoms with Crippen molar-refractivity contribution in [1.82, 2.24) is 5.32 Å². The lowest BCUT2D eigenvalue weighted by Gasteiger charge is -2.36. The second-order valence-corrected chi connectivity index (χ2v) is 6.47. The molecule has 0 aromatic heterocycles. The van der Waals surface area contributed by atoms with Gasteiger partial charge in [-0.2, -0.15) is 13.2 Å². The number of rotatable bonds is 6. The first kappa shape index (κ1) is 18.8. The first-order valence-corrected chi connectivity index (χ1v) is 8.56. The van der Waals surface area contributed by atoms with Crippen LogP contribution >= 0.6 is 0 Å². The molecule has 1 fully saturated rings. The van der Waals surface area contributed by atoms with Gasteiger partial charge in [0.1, 0.15) is 0 Å². The van der Waals surface area contributed by atoms with E-state index in [4.69, 9.17) is 5.73 Å². The Hall–Kier alpha value is -1.56. The molecule has 3 N–H and O–H groups in total. The first-order valence-electron chi connectivity index (χ1n) is 8.56. The van der Waals surface area contributed by atoms with E-state index >= 15 is 0 Å². The fraction of sp³-hybridized carbons (Fsp3) is 0.611. The summed E-state index contributed by atoms with van der Waals surface area (Å²) in [5.41, 5.74) is 4.38. The third kappa shape index (κ3) is 4.29. The number of unbranched alkanes of at least 4 members (excludes halogenated alkanes) is 1. The highest BCUT2D eigenvalue weighted by molar-refractivity contribution is 5.88. The van der Waals surface area contributed by atoms with Crippen molar-refractivity contribution in [2.24, 2.45) is 5.73 Å². The van der Waals surface area contributed by atoms with E-state index < -0.39 is 17.2 Å². The summed E-state index contributed by atoms with van der Waals surface area (Å²) in [5, 5.41) is 2.91. The summed E-state index contributed by atoms with van der Waals surface area (Å²) in [6.07, 6.45) is 1.11. The van der Waals surface area contributed by atoms with Gasteiger partial charge in [0.15, 0.2) is 0 Å². The van der Waals surface area contributed by atoms with Crippen molar-refractivity contribution in [2.45, 2.75) is 56.5 Å². The Morgan fingerprint density at radius 1 is 1.17 bits per heavy atom. The normalized spacial score (nSPS) is 17.5. The maximum absolute atomic E-state index is 13.0. The number of hydrogen-bond donors (Lipinski definition) is 2. The number of halogens is 3. The smallest absolute Gasteiger partial charge is 0.355 e. The molecule has 2 rings (SSSR count). The van der Waals surface area contributed by atoms with Crippen LogP contribution in [0.15, 0.2) is 24.3 Å². The molecule has 0 unspecified atom stereocenters. The van der Waals surface area contributed by atoms with Gasteiger partial charge in [-0.1, -0.05) is 37.5 Å². The SMILES string of the molecule is NCCCCNC(=O)C1(c2cccc(C(F)(F)F)c2)CCCCC1. The molecule has 24 heavy (non-hydrogen) atoms. The molecule has 1 aliphatic rings. The summed E-state index contributed by atoms with van der Waals surface area (Å²) < 4.78 is 39.1. The van der Waals surface area contributed by atoms with Gasteiger partial charge in [-0.05, 0) is 43.9 Å². The van der Waals surface area contributed by atoms with Gasteiger partial charge in [-0.15, -0.1) is 0 Å². The van der Waals surface area contributed by atoms with E-state index in [-0.39, 0.29) is 5.91 Å². The molecule has 1 amide bonds. The number of amides is 1. The highest BCUT2D eigenvalue weighted by atomic mass is 19.4. The number of alkyl halides is 3. The van der Waals surface area contributed by atoms with Crippen LogP contribution in [-0.2, 0) is 16.4 Å². The van der Waals surface area contributed by atoms with Crippen LogP contribution in [0.4, 0.5) is 13.2 Å². The van der Waals surface area contributed by atoms with E-state index in [2.05, 4.69) is 5.32 Å². The zero-order chi connectivity index (χ0) is 17.6. The maximum Gasteiger partial charge on any atom is 0.416 e. The van der Waals surface area contributed by atoms with Crippen LogP contribution in [0.5, 0.6) is 0 Å². The maximum atomic E-state index is 13.0. The summed E-state index contributed by atoms with van der Waals surface area (Å²) >= 11 is 0. The highest BCUT2D eigenvalue weighted by Crippen LogP contribution is 2.41. The van der Waals surface area contributed by atoms with Gasteiger partial charge in [0.05, 0.1) is 11.0 Å². The van der Waals surface area contributed by atoms with E-state index in [0.29, 0.717) is 31.5 Å². The average Bonchev–Trinajstić information content (AvgIpc) is 2.58. The summed E-state index contributed by atoms with van der Waals surface area (Å²) in [7, 11) is 0. The Bertz CT molecular complexity index is 551. The lowest BCUT2D eigenvalue weighted by atomic mass is 9.68. The lowest BCUT2D eigenvalue weighted by Crippen LogP contribution is -2.46. The van der Waals surface area contributed by atoms with Crippen molar-refractivity contribution >= 4 is 5.91 Å². The van der Waals surface area contributed by atoms with Crippen LogP contribution in [0.2, 0.25) is 0 Å². The quantitative estimate of drug-likeness (QED) is 0.774. The van der Waals surface area contributed by atoms with E-state index in [1.54, 1.807) is 6.07 Å². The first-order chi connectivity index (χ1) is 11.4. The van der Waals surface area contributed by atoms with Crippen LogP contribution in [0.3, 0.4) is 0 Å². The number of benzene rings is 1.